The third-order valence-corrected chi connectivity index (χ3v) is 7.13. The molecule has 1 aliphatic rings. The van der Waals surface area contributed by atoms with Crippen molar-refractivity contribution in [3.8, 4) is 17.2 Å². The van der Waals surface area contributed by atoms with E-state index in [1.165, 1.54) is 11.4 Å². The molecule has 0 aromatic heterocycles. The number of rotatable bonds is 6. The molecule has 1 heterocycles. The van der Waals surface area contributed by atoms with E-state index in [4.69, 9.17) is 14.2 Å². The number of hydrogen-bond acceptors (Lipinski definition) is 5. The summed E-state index contributed by atoms with van der Waals surface area (Å²) in [5.74, 6) is 1.63. The quantitative estimate of drug-likeness (QED) is 0.658. The number of ether oxygens (including phenoxy) is 3. The molecule has 1 atom stereocenters. The molecule has 2 aromatic rings. The summed E-state index contributed by atoms with van der Waals surface area (Å²) in [5.41, 5.74) is 0.798. The van der Waals surface area contributed by atoms with Gasteiger partial charge < -0.3 is 14.2 Å². The van der Waals surface area contributed by atoms with Gasteiger partial charge in [-0.3, -0.25) is 0 Å². The fourth-order valence-electron chi connectivity index (χ4n) is 3.42. The van der Waals surface area contributed by atoms with Crippen LogP contribution in [0.5, 0.6) is 17.2 Å². The highest BCUT2D eigenvalue weighted by Gasteiger charge is 2.39. The number of methoxy groups -OCH3 is 3. The Morgan fingerprint density at radius 1 is 1.00 bits per heavy atom. The van der Waals surface area contributed by atoms with Crippen LogP contribution in [0, 0.1) is 0 Å². The molecule has 146 valence electrons. The van der Waals surface area contributed by atoms with E-state index >= 15 is 0 Å². The number of sulfonamides is 1. The molecule has 0 amide bonds. The maximum Gasteiger partial charge on any atom is 0.247 e. The zero-order valence-corrected chi connectivity index (χ0v) is 17.8. The van der Waals surface area contributed by atoms with Crippen molar-refractivity contribution in [1.29, 1.82) is 0 Å². The van der Waals surface area contributed by atoms with Crippen molar-refractivity contribution in [3.63, 3.8) is 0 Å². The van der Waals surface area contributed by atoms with Gasteiger partial charge in [-0.15, -0.1) is 0 Å². The van der Waals surface area contributed by atoms with Gasteiger partial charge >= 0.3 is 0 Å². The summed E-state index contributed by atoms with van der Waals surface area (Å²) in [6.07, 6.45) is 1.47. The Kier molecular flexibility index (Phi) is 5.98. The van der Waals surface area contributed by atoms with Crippen LogP contribution in [0.4, 0.5) is 0 Å². The minimum atomic E-state index is -3.76. The Hall–Kier alpha value is -1.77. The Bertz CT molecular complexity index is 932. The first-order valence-corrected chi connectivity index (χ1v) is 10.7. The van der Waals surface area contributed by atoms with Crippen molar-refractivity contribution in [2.24, 2.45) is 0 Å². The van der Waals surface area contributed by atoms with Gasteiger partial charge in [-0.05, 0) is 49.2 Å². The van der Waals surface area contributed by atoms with Crippen LogP contribution in [-0.2, 0) is 10.0 Å². The van der Waals surface area contributed by atoms with Gasteiger partial charge in [0.15, 0.2) is 0 Å². The molecule has 0 N–H and O–H groups in total. The largest absolute Gasteiger partial charge is 0.497 e. The van der Waals surface area contributed by atoms with Gasteiger partial charge in [-0.2, -0.15) is 4.31 Å². The molecule has 2 aromatic carbocycles. The third-order valence-electron chi connectivity index (χ3n) is 4.71. The van der Waals surface area contributed by atoms with Gasteiger partial charge in [0, 0.05) is 16.6 Å². The van der Waals surface area contributed by atoms with Crippen LogP contribution in [0.1, 0.15) is 24.4 Å². The lowest BCUT2D eigenvalue weighted by Crippen LogP contribution is -2.31. The highest BCUT2D eigenvalue weighted by atomic mass is 79.9. The number of benzene rings is 2. The van der Waals surface area contributed by atoms with Crippen LogP contribution in [0.15, 0.2) is 45.8 Å². The van der Waals surface area contributed by atoms with Crippen LogP contribution in [-0.4, -0.2) is 40.6 Å². The zero-order chi connectivity index (χ0) is 19.6. The van der Waals surface area contributed by atoms with Gasteiger partial charge in [-0.1, -0.05) is 15.9 Å². The first kappa shape index (κ1) is 20.0. The summed E-state index contributed by atoms with van der Waals surface area (Å²) < 4.78 is 45.2. The number of nitrogens with zero attached hydrogens (tertiary/aromatic N) is 1. The first-order valence-electron chi connectivity index (χ1n) is 8.49. The number of hydrogen-bond donors (Lipinski definition) is 0. The summed E-state index contributed by atoms with van der Waals surface area (Å²) in [6, 6.07) is 10.1. The second-order valence-corrected chi connectivity index (χ2v) is 8.95. The maximum absolute atomic E-state index is 13.5. The monoisotopic (exact) mass is 455 g/mol. The van der Waals surface area contributed by atoms with Gasteiger partial charge in [0.2, 0.25) is 10.0 Å². The molecule has 8 heteroatoms. The van der Waals surface area contributed by atoms with Crippen molar-refractivity contribution >= 4 is 26.0 Å². The van der Waals surface area contributed by atoms with E-state index in [0.29, 0.717) is 34.7 Å². The fraction of sp³-hybridized carbons (Fsp3) is 0.368. The molecule has 0 saturated carbocycles. The van der Waals surface area contributed by atoms with Crippen molar-refractivity contribution in [2.45, 2.75) is 23.8 Å². The SMILES string of the molecule is COc1ccc(OC)c(C2CCCN2S(=O)(=O)c2cc(Br)ccc2OC)c1. The summed E-state index contributed by atoms with van der Waals surface area (Å²) >= 11 is 3.35. The van der Waals surface area contributed by atoms with Crippen LogP contribution in [0.25, 0.3) is 0 Å². The minimum Gasteiger partial charge on any atom is -0.497 e. The average molecular weight is 456 g/mol. The third kappa shape index (κ3) is 3.79. The van der Waals surface area contributed by atoms with Crippen molar-refractivity contribution in [2.75, 3.05) is 27.9 Å². The molecule has 3 rings (SSSR count). The molecule has 6 nitrogen and oxygen atoms in total. The van der Waals surface area contributed by atoms with E-state index in [1.54, 1.807) is 44.6 Å². The molecule has 1 fully saturated rings. The summed E-state index contributed by atoms with van der Waals surface area (Å²) in [5, 5.41) is 0. The Morgan fingerprint density at radius 2 is 1.70 bits per heavy atom. The molecule has 27 heavy (non-hydrogen) atoms. The second-order valence-electron chi connectivity index (χ2n) is 6.18. The molecule has 0 aliphatic carbocycles. The Labute approximate surface area is 168 Å². The predicted molar refractivity (Wildman–Crippen MR) is 106 cm³/mol. The first-order chi connectivity index (χ1) is 12.9. The molecule has 0 spiro atoms. The van der Waals surface area contributed by atoms with Crippen molar-refractivity contribution in [1.82, 2.24) is 4.31 Å². The van der Waals surface area contributed by atoms with E-state index in [1.807, 2.05) is 6.07 Å². The van der Waals surface area contributed by atoms with Gasteiger partial charge in [-0.25, -0.2) is 8.42 Å². The average Bonchev–Trinajstić information content (AvgIpc) is 3.18. The zero-order valence-electron chi connectivity index (χ0n) is 15.4. The molecular formula is C19H22BrNO5S. The Morgan fingerprint density at radius 3 is 2.37 bits per heavy atom. The Balaban J connectivity index is 2.08. The molecule has 1 saturated heterocycles. The molecule has 1 unspecified atom stereocenters. The molecular weight excluding hydrogens is 434 g/mol. The van der Waals surface area contributed by atoms with E-state index in [0.717, 1.165) is 12.0 Å². The van der Waals surface area contributed by atoms with Crippen LogP contribution in [0.2, 0.25) is 0 Å². The van der Waals surface area contributed by atoms with Crippen molar-refractivity contribution < 1.29 is 22.6 Å². The lowest BCUT2D eigenvalue weighted by Gasteiger charge is -2.26. The minimum absolute atomic E-state index is 0.146. The summed E-state index contributed by atoms with van der Waals surface area (Å²) in [7, 11) is 0.867. The smallest absolute Gasteiger partial charge is 0.247 e. The van der Waals surface area contributed by atoms with E-state index in [-0.39, 0.29) is 10.9 Å². The summed E-state index contributed by atoms with van der Waals surface area (Å²) in [4.78, 5) is 0.146. The van der Waals surface area contributed by atoms with Crippen molar-refractivity contribution in [3.05, 3.63) is 46.4 Å². The summed E-state index contributed by atoms with van der Waals surface area (Å²) in [6.45, 7) is 0.434. The molecule has 1 aliphatic heterocycles. The highest BCUT2D eigenvalue weighted by molar-refractivity contribution is 9.10. The topological polar surface area (TPSA) is 65.1 Å². The normalized spacial score (nSPS) is 17.7. The van der Waals surface area contributed by atoms with Gasteiger partial charge in [0.25, 0.3) is 0 Å². The van der Waals surface area contributed by atoms with Crippen LogP contribution in [0.3, 0.4) is 0 Å². The maximum atomic E-state index is 13.5. The second kappa shape index (κ2) is 8.08. The number of halogens is 1. The predicted octanol–water partition coefficient (Wildman–Crippen LogP) is 4.00. The van der Waals surface area contributed by atoms with Crippen LogP contribution < -0.4 is 14.2 Å². The molecule has 0 radical (unpaired) electrons. The standard InChI is InChI=1S/C19H22BrNO5S/c1-24-14-7-9-17(25-2)15(12-14)16-5-4-10-21(16)27(22,23)19-11-13(20)6-8-18(19)26-3/h6-9,11-12,16H,4-5,10H2,1-3H3. The van der Waals surface area contributed by atoms with Gasteiger partial charge in [0.1, 0.15) is 22.1 Å². The van der Waals surface area contributed by atoms with E-state index in [9.17, 15) is 8.42 Å². The lowest BCUT2D eigenvalue weighted by molar-refractivity contribution is 0.358. The lowest BCUT2D eigenvalue weighted by atomic mass is 10.0. The fourth-order valence-corrected chi connectivity index (χ4v) is 5.79. The van der Waals surface area contributed by atoms with Crippen LogP contribution >= 0.6 is 15.9 Å². The highest BCUT2D eigenvalue weighted by Crippen LogP contribution is 2.43. The van der Waals surface area contributed by atoms with Gasteiger partial charge in [0.05, 0.1) is 27.4 Å². The molecule has 0 bridgehead atoms. The van der Waals surface area contributed by atoms with E-state index in [2.05, 4.69) is 15.9 Å². The van der Waals surface area contributed by atoms with E-state index < -0.39 is 10.0 Å².